The molecule has 2 atom stereocenters. The summed E-state index contributed by atoms with van der Waals surface area (Å²) in [7, 11) is 0. The fourth-order valence-electron chi connectivity index (χ4n) is 2.11. The van der Waals surface area contributed by atoms with Crippen LogP contribution in [0.25, 0.3) is 0 Å². The van der Waals surface area contributed by atoms with Crippen LogP contribution in [0.5, 0.6) is 0 Å². The Morgan fingerprint density at radius 3 is 2.20 bits per heavy atom. The Morgan fingerprint density at radius 1 is 1.00 bits per heavy atom. The normalized spacial score (nSPS) is 13.9. The molecule has 2 rings (SSSR count). The van der Waals surface area contributed by atoms with E-state index < -0.39 is 0 Å². The molecule has 0 spiro atoms. The molecule has 0 aliphatic rings. The number of hydrogen-bond donors (Lipinski definition) is 2. The van der Waals surface area contributed by atoms with Crippen molar-refractivity contribution in [1.29, 1.82) is 0 Å². The highest BCUT2D eigenvalue weighted by Gasteiger charge is 2.14. The topological polar surface area (TPSA) is 32.3 Å². The first kappa shape index (κ1) is 14.7. The van der Waals surface area contributed by atoms with Crippen molar-refractivity contribution in [2.45, 2.75) is 13.0 Å². The molecule has 2 aromatic rings. The van der Waals surface area contributed by atoms with Crippen molar-refractivity contribution in [3.05, 3.63) is 71.5 Å². The van der Waals surface area contributed by atoms with Gasteiger partial charge in [0, 0.05) is 13.2 Å². The molecule has 0 heterocycles. The van der Waals surface area contributed by atoms with Crippen LogP contribution in [0.4, 0.5) is 4.39 Å². The molecule has 0 amide bonds. The number of benzene rings is 2. The summed E-state index contributed by atoms with van der Waals surface area (Å²) < 4.78 is 13.1. The highest BCUT2D eigenvalue weighted by Crippen LogP contribution is 2.22. The minimum atomic E-state index is -0.232. The first-order chi connectivity index (χ1) is 9.70. The maximum atomic E-state index is 13.1. The summed E-state index contributed by atoms with van der Waals surface area (Å²) in [5.41, 5.74) is 2.15. The third-order valence-corrected chi connectivity index (χ3v) is 3.32. The zero-order chi connectivity index (χ0) is 14.4. The maximum absolute atomic E-state index is 13.1. The van der Waals surface area contributed by atoms with Crippen LogP contribution >= 0.6 is 0 Å². The molecule has 0 bridgehead atoms. The van der Waals surface area contributed by atoms with Gasteiger partial charge in [-0.1, -0.05) is 49.4 Å². The summed E-state index contributed by atoms with van der Waals surface area (Å²) in [4.78, 5) is 0. The van der Waals surface area contributed by atoms with Gasteiger partial charge >= 0.3 is 0 Å². The highest BCUT2D eigenvalue weighted by atomic mass is 19.1. The van der Waals surface area contributed by atoms with Gasteiger partial charge in [-0.05, 0) is 29.2 Å². The standard InChI is InChI=1S/C17H20FNO/c1-13(12-20)11-19-17(14-5-3-2-4-6-14)15-7-9-16(18)10-8-15/h2-10,13,17,19-20H,11-12H2,1H3. The molecule has 2 unspecified atom stereocenters. The van der Waals surface area contributed by atoms with E-state index in [2.05, 4.69) is 5.32 Å². The van der Waals surface area contributed by atoms with Crippen molar-refractivity contribution in [2.75, 3.05) is 13.2 Å². The lowest BCUT2D eigenvalue weighted by atomic mass is 9.98. The predicted molar refractivity (Wildman–Crippen MR) is 78.9 cm³/mol. The fourth-order valence-corrected chi connectivity index (χ4v) is 2.11. The second-order valence-corrected chi connectivity index (χ2v) is 5.09. The molecule has 106 valence electrons. The van der Waals surface area contributed by atoms with Gasteiger partial charge in [-0.15, -0.1) is 0 Å². The van der Waals surface area contributed by atoms with Gasteiger partial charge in [-0.3, -0.25) is 0 Å². The molecule has 2 nitrogen and oxygen atoms in total. The van der Waals surface area contributed by atoms with Crippen LogP contribution < -0.4 is 5.32 Å². The first-order valence-corrected chi connectivity index (χ1v) is 6.85. The number of hydrogen-bond acceptors (Lipinski definition) is 2. The SMILES string of the molecule is CC(CO)CNC(c1ccccc1)c1ccc(F)cc1. The minimum absolute atomic E-state index is 0.00537. The third kappa shape index (κ3) is 3.89. The quantitative estimate of drug-likeness (QED) is 0.847. The molecule has 0 radical (unpaired) electrons. The van der Waals surface area contributed by atoms with Crippen LogP contribution in [-0.4, -0.2) is 18.3 Å². The van der Waals surface area contributed by atoms with E-state index >= 15 is 0 Å². The zero-order valence-electron chi connectivity index (χ0n) is 11.6. The molecular formula is C17H20FNO. The summed E-state index contributed by atoms with van der Waals surface area (Å²) in [5, 5.41) is 12.6. The van der Waals surface area contributed by atoms with Gasteiger partial charge < -0.3 is 10.4 Å². The van der Waals surface area contributed by atoms with E-state index in [1.165, 1.54) is 12.1 Å². The number of nitrogens with one attached hydrogen (secondary N) is 1. The lowest BCUT2D eigenvalue weighted by molar-refractivity contribution is 0.232. The fraction of sp³-hybridized carbons (Fsp3) is 0.294. The van der Waals surface area contributed by atoms with Crippen molar-refractivity contribution >= 4 is 0 Å². The summed E-state index contributed by atoms with van der Waals surface area (Å²) >= 11 is 0. The average molecular weight is 273 g/mol. The van der Waals surface area contributed by atoms with Crippen LogP contribution in [0.15, 0.2) is 54.6 Å². The van der Waals surface area contributed by atoms with Gasteiger partial charge in [0.05, 0.1) is 6.04 Å². The van der Waals surface area contributed by atoms with Gasteiger partial charge in [-0.2, -0.15) is 0 Å². The predicted octanol–water partition coefficient (Wildman–Crippen LogP) is 3.13. The molecule has 0 saturated heterocycles. The molecule has 20 heavy (non-hydrogen) atoms. The summed E-state index contributed by atoms with van der Waals surface area (Å²) in [6, 6.07) is 16.6. The van der Waals surface area contributed by atoms with E-state index in [1.54, 1.807) is 12.1 Å². The van der Waals surface area contributed by atoms with Crippen LogP contribution in [-0.2, 0) is 0 Å². The number of halogens is 1. The van der Waals surface area contributed by atoms with Crippen LogP contribution in [0, 0.1) is 11.7 Å². The van der Waals surface area contributed by atoms with Crippen LogP contribution in [0.3, 0.4) is 0 Å². The lowest BCUT2D eigenvalue weighted by Crippen LogP contribution is -2.28. The Kier molecular flexibility index (Phi) is 5.27. The van der Waals surface area contributed by atoms with E-state index in [1.807, 2.05) is 37.3 Å². The molecule has 3 heteroatoms. The van der Waals surface area contributed by atoms with Crippen molar-refractivity contribution in [3.63, 3.8) is 0 Å². The number of rotatable bonds is 6. The Morgan fingerprint density at radius 2 is 1.60 bits per heavy atom. The number of aliphatic hydroxyl groups excluding tert-OH is 1. The summed E-state index contributed by atoms with van der Waals surface area (Å²) in [6.07, 6.45) is 0. The molecule has 0 aliphatic carbocycles. The second kappa shape index (κ2) is 7.17. The zero-order valence-corrected chi connectivity index (χ0v) is 11.6. The Hall–Kier alpha value is -1.71. The Balaban J connectivity index is 2.22. The second-order valence-electron chi connectivity index (χ2n) is 5.09. The molecular weight excluding hydrogens is 253 g/mol. The average Bonchev–Trinajstić information content (AvgIpc) is 2.50. The largest absolute Gasteiger partial charge is 0.396 e. The summed E-state index contributed by atoms with van der Waals surface area (Å²) in [6.45, 7) is 2.84. The number of aliphatic hydroxyl groups is 1. The van der Waals surface area contributed by atoms with Gasteiger partial charge in [0.2, 0.25) is 0 Å². The molecule has 0 fully saturated rings. The molecule has 0 aromatic heterocycles. The van der Waals surface area contributed by atoms with E-state index in [0.717, 1.165) is 11.1 Å². The van der Waals surface area contributed by atoms with E-state index in [4.69, 9.17) is 5.11 Å². The van der Waals surface area contributed by atoms with Crippen LogP contribution in [0.1, 0.15) is 24.1 Å². The van der Waals surface area contributed by atoms with E-state index in [0.29, 0.717) is 6.54 Å². The summed E-state index contributed by atoms with van der Waals surface area (Å²) in [5.74, 6) is -0.0500. The minimum Gasteiger partial charge on any atom is -0.396 e. The molecule has 2 aromatic carbocycles. The molecule has 2 N–H and O–H groups in total. The van der Waals surface area contributed by atoms with Crippen LogP contribution in [0.2, 0.25) is 0 Å². The van der Waals surface area contributed by atoms with Crippen molar-refractivity contribution in [1.82, 2.24) is 5.32 Å². The Bertz CT molecular complexity index is 512. The smallest absolute Gasteiger partial charge is 0.123 e. The van der Waals surface area contributed by atoms with Gasteiger partial charge in [0.1, 0.15) is 5.82 Å². The monoisotopic (exact) mass is 273 g/mol. The van der Waals surface area contributed by atoms with Gasteiger partial charge in [-0.25, -0.2) is 4.39 Å². The first-order valence-electron chi connectivity index (χ1n) is 6.85. The highest BCUT2D eigenvalue weighted by molar-refractivity contribution is 5.31. The van der Waals surface area contributed by atoms with Gasteiger partial charge in [0.15, 0.2) is 0 Å². The van der Waals surface area contributed by atoms with Gasteiger partial charge in [0.25, 0.3) is 0 Å². The van der Waals surface area contributed by atoms with Crippen molar-refractivity contribution < 1.29 is 9.50 Å². The molecule has 0 aliphatic heterocycles. The van der Waals surface area contributed by atoms with Crippen molar-refractivity contribution in [3.8, 4) is 0 Å². The Labute approximate surface area is 119 Å². The maximum Gasteiger partial charge on any atom is 0.123 e. The van der Waals surface area contributed by atoms with Crippen molar-refractivity contribution in [2.24, 2.45) is 5.92 Å². The molecule has 0 saturated carbocycles. The lowest BCUT2D eigenvalue weighted by Gasteiger charge is -2.21. The third-order valence-electron chi connectivity index (χ3n) is 3.32. The van der Waals surface area contributed by atoms with E-state index in [9.17, 15) is 4.39 Å². The van der Waals surface area contributed by atoms with E-state index in [-0.39, 0.29) is 24.4 Å².